The van der Waals surface area contributed by atoms with Gasteiger partial charge in [-0.25, -0.2) is 17.6 Å². The fraction of sp³-hybridized carbons (Fsp3) is 0.524. The molecule has 1 atom stereocenters. The van der Waals surface area contributed by atoms with Gasteiger partial charge in [-0.1, -0.05) is 13.3 Å². The van der Waals surface area contributed by atoms with E-state index in [1.54, 1.807) is 14.0 Å². The van der Waals surface area contributed by atoms with E-state index in [1.165, 1.54) is 16.8 Å². The van der Waals surface area contributed by atoms with Crippen molar-refractivity contribution < 1.29 is 22.4 Å². The van der Waals surface area contributed by atoms with Crippen molar-refractivity contribution in [2.24, 2.45) is 18.9 Å². The average molecular weight is 409 g/mol. The fourth-order valence-electron chi connectivity index (χ4n) is 4.25. The van der Waals surface area contributed by atoms with Crippen LogP contribution in [0.4, 0.5) is 23.4 Å². The minimum absolute atomic E-state index is 0.128. The first-order valence-corrected chi connectivity index (χ1v) is 9.86. The Morgan fingerprint density at radius 3 is 2.34 bits per heavy atom. The van der Waals surface area contributed by atoms with Crippen molar-refractivity contribution in [1.82, 2.24) is 9.78 Å². The molecule has 1 heterocycles. The number of aryl methyl sites for hydroxylation is 1. The highest BCUT2D eigenvalue weighted by Gasteiger charge is 2.49. The van der Waals surface area contributed by atoms with Crippen LogP contribution < -0.4 is 5.32 Å². The van der Waals surface area contributed by atoms with E-state index in [2.05, 4.69) is 10.4 Å². The van der Waals surface area contributed by atoms with Gasteiger partial charge >= 0.3 is 0 Å². The number of nitrogens with zero attached hydrogens (tertiary/aromatic N) is 2. The summed E-state index contributed by atoms with van der Waals surface area (Å²) in [6.07, 6.45) is 2.24. The van der Waals surface area contributed by atoms with Crippen LogP contribution in [0.15, 0.2) is 18.2 Å². The summed E-state index contributed by atoms with van der Waals surface area (Å²) in [6.45, 7) is 1.64. The Kier molecular flexibility index (Phi) is 4.91. The number of nitrogens with one attached hydrogen (secondary N) is 1. The smallest absolute Gasteiger partial charge is 0.248 e. The molecule has 156 valence electrons. The van der Waals surface area contributed by atoms with Crippen molar-refractivity contribution >= 4 is 11.7 Å². The zero-order valence-electron chi connectivity index (χ0n) is 16.3. The number of halogens is 4. The lowest BCUT2D eigenvalue weighted by molar-refractivity contribution is -0.140. The number of rotatable bonds is 5. The molecule has 2 saturated carbocycles. The third-order valence-electron chi connectivity index (χ3n) is 6.22. The third kappa shape index (κ3) is 3.76. The minimum atomic E-state index is -2.68. The monoisotopic (exact) mass is 409 g/mol. The molecule has 0 aliphatic heterocycles. The van der Waals surface area contributed by atoms with Crippen molar-refractivity contribution in [3.05, 3.63) is 35.4 Å². The second-order valence-electron chi connectivity index (χ2n) is 8.32. The highest BCUT2D eigenvalue weighted by molar-refractivity contribution is 5.93. The molecule has 1 aromatic carbocycles. The Labute approximate surface area is 166 Å². The number of carbonyl (C=O) groups excluding carboxylic acids is 1. The molecular formula is C21H23F4N3O. The molecule has 29 heavy (non-hydrogen) atoms. The van der Waals surface area contributed by atoms with Gasteiger partial charge in [-0.05, 0) is 36.8 Å². The molecule has 0 saturated heterocycles. The van der Waals surface area contributed by atoms with Crippen LogP contribution in [0, 0.1) is 23.5 Å². The van der Waals surface area contributed by atoms with E-state index in [4.69, 9.17) is 0 Å². The molecule has 0 unspecified atom stereocenters. The first kappa shape index (κ1) is 19.9. The summed E-state index contributed by atoms with van der Waals surface area (Å²) in [4.78, 5) is 12.7. The number of amides is 1. The summed E-state index contributed by atoms with van der Waals surface area (Å²) in [5.74, 6) is -4.88. The van der Waals surface area contributed by atoms with Crippen LogP contribution in [0.1, 0.15) is 50.5 Å². The van der Waals surface area contributed by atoms with Gasteiger partial charge in [-0.2, -0.15) is 5.10 Å². The summed E-state index contributed by atoms with van der Waals surface area (Å²) in [7, 11) is 1.66. The Morgan fingerprint density at radius 1 is 1.21 bits per heavy atom. The van der Waals surface area contributed by atoms with Gasteiger partial charge in [0, 0.05) is 43.0 Å². The zero-order chi connectivity index (χ0) is 20.9. The summed E-state index contributed by atoms with van der Waals surface area (Å²) in [5, 5.41) is 7.19. The predicted octanol–water partition coefficient (Wildman–Crippen LogP) is 5.25. The van der Waals surface area contributed by atoms with Gasteiger partial charge in [0.1, 0.15) is 11.6 Å². The van der Waals surface area contributed by atoms with Gasteiger partial charge < -0.3 is 5.32 Å². The molecule has 2 fully saturated rings. The molecule has 0 radical (unpaired) electrons. The molecule has 2 aromatic rings. The first-order valence-electron chi connectivity index (χ1n) is 9.86. The van der Waals surface area contributed by atoms with Crippen LogP contribution >= 0.6 is 0 Å². The highest BCUT2D eigenvalue weighted by atomic mass is 19.3. The molecule has 0 bridgehead atoms. The Bertz CT molecular complexity index is 923. The number of anilines is 1. The van der Waals surface area contributed by atoms with Crippen LogP contribution in [-0.2, 0) is 11.8 Å². The predicted molar refractivity (Wildman–Crippen MR) is 101 cm³/mol. The van der Waals surface area contributed by atoms with Gasteiger partial charge in [-0.15, -0.1) is 0 Å². The van der Waals surface area contributed by atoms with Gasteiger partial charge in [0.2, 0.25) is 11.8 Å². The summed E-state index contributed by atoms with van der Waals surface area (Å²) in [5.41, 5.74) is 1.67. The average Bonchev–Trinajstić information content (AvgIpc) is 2.85. The largest absolute Gasteiger partial charge is 0.309 e. The highest BCUT2D eigenvalue weighted by Crippen LogP contribution is 2.47. The maximum atomic E-state index is 13.8. The summed E-state index contributed by atoms with van der Waals surface area (Å²) in [6, 6.07) is 3.29. The number of aromatic nitrogens is 2. The molecule has 2 aliphatic carbocycles. The second-order valence-corrected chi connectivity index (χ2v) is 8.32. The number of carbonyl (C=O) groups is 1. The fourth-order valence-corrected chi connectivity index (χ4v) is 4.25. The van der Waals surface area contributed by atoms with Crippen LogP contribution in [0.25, 0.3) is 11.3 Å². The lowest BCUT2D eigenvalue weighted by atomic mass is 9.73. The van der Waals surface area contributed by atoms with E-state index >= 15 is 0 Å². The lowest BCUT2D eigenvalue weighted by Gasteiger charge is -2.38. The van der Waals surface area contributed by atoms with E-state index < -0.39 is 23.5 Å². The van der Waals surface area contributed by atoms with Gasteiger partial charge in [-0.3, -0.25) is 9.48 Å². The standard InChI is InChI=1S/C21H23F4N3O/c1-11(14-9-21(24,25)10-14)20(29)26-19-17(12-4-3-5-12)18(28(2)27-19)13-6-15(22)8-16(23)7-13/h6-8,11-12,14H,3-5,9-10H2,1-2H3,(H,26,27,29)/t11-/m0/s1. The maximum absolute atomic E-state index is 13.8. The number of benzene rings is 1. The first-order chi connectivity index (χ1) is 13.6. The molecule has 4 nitrogen and oxygen atoms in total. The zero-order valence-corrected chi connectivity index (χ0v) is 16.3. The van der Waals surface area contributed by atoms with E-state index in [0.29, 0.717) is 17.1 Å². The molecular weight excluding hydrogens is 386 g/mol. The van der Waals surface area contributed by atoms with Crippen molar-refractivity contribution in [2.45, 2.75) is 50.9 Å². The SMILES string of the molecule is C[C@H](C(=O)Nc1nn(C)c(-c2cc(F)cc(F)c2)c1C1CCC1)C1CC(F)(F)C1. The Morgan fingerprint density at radius 2 is 1.83 bits per heavy atom. The molecule has 1 amide bonds. The van der Waals surface area contributed by atoms with Crippen molar-refractivity contribution in [3.63, 3.8) is 0 Å². The van der Waals surface area contributed by atoms with Gasteiger partial charge in [0.05, 0.1) is 5.69 Å². The van der Waals surface area contributed by atoms with E-state index in [1.807, 2.05) is 0 Å². The molecule has 4 rings (SSSR count). The summed E-state index contributed by atoms with van der Waals surface area (Å²) < 4.78 is 55.4. The number of hydrogen-bond donors (Lipinski definition) is 1. The van der Waals surface area contributed by atoms with Gasteiger partial charge in [0.25, 0.3) is 0 Å². The van der Waals surface area contributed by atoms with Crippen LogP contribution in [-0.4, -0.2) is 21.6 Å². The number of alkyl halides is 2. The van der Waals surface area contributed by atoms with Crippen molar-refractivity contribution in [1.29, 1.82) is 0 Å². The lowest BCUT2D eigenvalue weighted by Crippen LogP contribution is -2.42. The van der Waals surface area contributed by atoms with Crippen LogP contribution in [0.3, 0.4) is 0 Å². The third-order valence-corrected chi connectivity index (χ3v) is 6.22. The number of hydrogen-bond acceptors (Lipinski definition) is 2. The summed E-state index contributed by atoms with van der Waals surface area (Å²) >= 11 is 0. The quantitative estimate of drug-likeness (QED) is 0.686. The van der Waals surface area contributed by atoms with E-state index in [0.717, 1.165) is 30.9 Å². The Hall–Kier alpha value is -2.38. The van der Waals surface area contributed by atoms with Gasteiger partial charge in [0.15, 0.2) is 5.82 Å². The second kappa shape index (κ2) is 7.15. The molecule has 0 spiro atoms. The van der Waals surface area contributed by atoms with Crippen LogP contribution in [0.2, 0.25) is 0 Å². The molecule has 1 N–H and O–H groups in total. The Balaban J connectivity index is 1.65. The molecule has 1 aromatic heterocycles. The minimum Gasteiger partial charge on any atom is -0.309 e. The molecule has 8 heteroatoms. The maximum Gasteiger partial charge on any atom is 0.248 e. The van der Waals surface area contributed by atoms with E-state index in [9.17, 15) is 22.4 Å². The van der Waals surface area contributed by atoms with E-state index in [-0.39, 0.29) is 30.6 Å². The topological polar surface area (TPSA) is 46.9 Å². The van der Waals surface area contributed by atoms with Crippen molar-refractivity contribution in [3.8, 4) is 11.3 Å². The van der Waals surface area contributed by atoms with Crippen molar-refractivity contribution in [2.75, 3.05) is 5.32 Å². The molecule has 2 aliphatic rings. The van der Waals surface area contributed by atoms with Crippen LogP contribution in [0.5, 0.6) is 0 Å². The normalized spacial score (nSPS) is 20.1.